The highest BCUT2D eigenvalue weighted by atomic mass is 16.4. The maximum Gasteiger partial charge on any atom is 0.317 e. The lowest BCUT2D eigenvalue weighted by atomic mass is 9.74. The summed E-state index contributed by atoms with van der Waals surface area (Å²) >= 11 is 0. The van der Waals surface area contributed by atoms with E-state index in [4.69, 9.17) is 0 Å². The zero-order chi connectivity index (χ0) is 15.4. The van der Waals surface area contributed by atoms with Gasteiger partial charge in [-0.25, -0.2) is 0 Å². The predicted octanol–water partition coefficient (Wildman–Crippen LogP) is 4.98. The highest BCUT2D eigenvalue weighted by Gasteiger charge is 2.42. The molecule has 1 N–H and O–H groups in total. The molecule has 0 fully saturated rings. The van der Waals surface area contributed by atoms with Crippen LogP contribution in [0.2, 0.25) is 0 Å². The summed E-state index contributed by atoms with van der Waals surface area (Å²) in [5.41, 5.74) is -1.13. The van der Waals surface area contributed by atoms with Gasteiger partial charge in [-0.05, 0) is 19.3 Å². The van der Waals surface area contributed by atoms with Gasteiger partial charge in [-0.1, -0.05) is 65.7 Å². The molecular formula is C17H32O3. The van der Waals surface area contributed by atoms with Gasteiger partial charge in [-0.3, -0.25) is 9.59 Å². The van der Waals surface area contributed by atoms with Crippen molar-refractivity contribution in [2.75, 3.05) is 0 Å². The molecule has 0 heterocycles. The van der Waals surface area contributed by atoms with E-state index in [2.05, 4.69) is 13.8 Å². The first kappa shape index (κ1) is 19.1. The zero-order valence-corrected chi connectivity index (χ0v) is 13.5. The summed E-state index contributed by atoms with van der Waals surface area (Å²) in [4.78, 5) is 24.0. The quantitative estimate of drug-likeness (QED) is 0.383. The van der Waals surface area contributed by atoms with Crippen molar-refractivity contribution in [2.45, 2.75) is 91.4 Å². The summed E-state index contributed by atoms with van der Waals surface area (Å²) in [7, 11) is 0. The minimum absolute atomic E-state index is 0.0555. The molecule has 3 heteroatoms. The first-order chi connectivity index (χ1) is 9.55. The van der Waals surface area contributed by atoms with E-state index in [0.29, 0.717) is 19.3 Å². The topological polar surface area (TPSA) is 54.4 Å². The Morgan fingerprint density at radius 1 is 0.850 bits per heavy atom. The molecule has 1 atom stereocenters. The molecule has 0 rings (SSSR count). The number of carbonyl (C=O) groups is 2. The SMILES string of the molecule is CCCCCCC(=O)C(CC)(CCCCCC)C(=O)O. The number of carbonyl (C=O) groups excluding carboxylic acids is 1. The van der Waals surface area contributed by atoms with E-state index >= 15 is 0 Å². The van der Waals surface area contributed by atoms with Crippen LogP contribution in [0.5, 0.6) is 0 Å². The molecule has 0 saturated carbocycles. The van der Waals surface area contributed by atoms with Gasteiger partial charge in [0.05, 0.1) is 0 Å². The van der Waals surface area contributed by atoms with Crippen LogP contribution in [0.25, 0.3) is 0 Å². The second-order valence-electron chi connectivity index (χ2n) is 5.79. The van der Waals surface area contributed by atoms with Gasteiger partial charge >= 0.3 is 5.97 Å². The number of carboxylic acids is 1. The van der Waals surface area contributed by atoms with Gasteiger partial charge in [-0.15, -0.1) is 0 Å². The van der Waals surface area contributed by atoms with Crippen molar-refractivity contribution in [1.29, 1.82) is 0 Å². The van der Waals surface area contributed by atoms with E-state index in [1.54, 1.807) is 0 Å². The molecule has 0 aromatic carbocycles. The van der Waals surface area contributed by atoms with Crippen LogP contribution in [0, 0.1) is 5.41 Å². The van der Waals surface area contributed by atoms with E-state index in [9.17, 15) is 14.7 Å². The Balaban J connectivity index is 4.50. The third-order valence-electron chi connectivity index (χ3n) is 4.26. The van der Waals surface area contributed by atoms with E-state index in [1.807, 2.05) is 6.92 Å². The first-order valence-corrected chi connectivity index (χ1v) is 8.31. The molecule has 0 spiro atoms. The molecule has 0 aliphatic heterocycles. The van der Waals surface area contributed by atoms with Crippen LogP contribution in [-0.2, 0) is 9.59 Å². The van der Waals surface area contributed by atoms with Gasteiger partial charge in [0.15, 0.2) is 0 Å². The molecule has 118 valence electrons. The number of Topliss-reactive ketones (excluding diaryl/α,β-unsaturated/α-hetero) is 1. The van der Waals surface area contributed by atoms with E-state index < -0.39 is 11.4 Å². The van der Waals surface area contributed by atoms with Crippen LogP contribution in [0.3, 0.4) is 0 Å². The van der Waals surface area contributed by atoms with Crippen molar-refractivity contribution in [3.8, 4) is 0 Å². The molecule has 0 bridgehead atoms. The molecule has 0 amide bonds. The first-order valence-electron chi connectivity index (χ1n) is 8.31. The van der Waals surface area contributed by atoms with Crippen molar-refractivity contribution in [1.82, 2.24) is 0 Å². The minimum Gasteiger partial charge on any atom is -0.480 e. The molecule has 20 heavy (non-hydrogen) atoms. The zero-order valence-electron chi connectivity index (χ0n) is 13.5. The summed E-state index contributed by atoms with van der Waals surface area (Å²) in [6.07, 6.45) is 9.55. The number of aliphatic carboxylic acids is 1. The Hall–Kier alpha value is -0.860. The summed E-state index contributed by atoms with van der Waals surface area (Å²) in [5, 5.41) is 9.53. The lowest BCUT2D eigenvalue weighted by molar-refractivity contribution is -0.156. The van der Waals surface area contributed by atoms with Gasteiger partial charge in [-0.2, -0.15) is 0 Å². The lowest BCUT2D eigenvalue weighted by Gasteiger charge is -2.26. The maximum absolute atomic E-state index is 12.4. The second kappa shape index (κ2) is 10.9. The van der Waals surface area contributed by atoms with Crippen molar-refractivity contribution in [3.05, 3.63) is 0 Å². The second-order valence-corrected chi connectivity index (χ2v) is 5.79. The molecule has 0 radical (unpaired) electrons. The Morgan fingerprint density at radius 3 is 1.85 bits per heavy atom. The van der Waals surface area contributed by atoms with E-state index in [1.165, 1.54) is 0 Å². The Morgan fingerprint density at radius 2 is 1.40 bits per heavy atom. The number of hydrogen-bond acceptors (Lipinski definition) is 2. The van der Waals surface area contributed by atoms with Gasteiger partial charge in [0.1, 0.15) is 11.2 Å². The van der Waals surface area contributed by atoms with Crippen molar-refractivity contribution in [2.24, 2.45) is 5.41 Å². The standard InChI is InChI=1S/C17H32O3/c1-4-7-9-11-13-15(18)17(6-3,16(19)20)14-12-10-8-5-2/h4-14H2,1-3H3,(H,19,20). The fourth-order valence-corrected chi connectivity index (χ4v) is 2.70. The fraction of sp³-hybridized carbons (Fsp3) is 0.882. The normalized spacial score (nSPS) is 13.9. The summed E-state index contributed by atoms with van der Waals surface area (Å²) in [6, 6.07) is 0. The number of carboxylic acid groups (broad SMARTS) is 1. The van der Waals surface area contributed by atoms with Gasteiger partial charge < -0.3 is 5.11 Å². The van der Waals surface area contributed by atoms with E-state index in [0.717, 1.165) is 51.4 Å². The molecule has 1 unspecified atom stereocenters. The predicted molar refractivity (Wildman–Crippen MR) is 82.9 cm³/mol. The highest BCUT2D eigenvalue weighted by molar-refractivity contribution is 6.02. The number of hydrogen-bond donors (Lipinski definition) is 1. The average molecular weight is 284 g/mol. The smallest absolute Gasteiger partial charge is 0.317 e. The minimum atomic E-state index is -1.13. The summed E-state index contributed by atoms with van der Waals surface area (Å²) in [6.45, 7) is 6.09. The fourth-order valence-electron chi connectivity index (χ4n) is 2.70. The monoisotopic (exact) mass is 284 g/mol. The molecule has 3 nitrogen and oxygen atoms in total. The van der Waals surface area contributed by atoms with Crippen molar-refractivity contribution < 1.29 is 14.7 Å². The average Bonchev–Trinajstić information content (AvgIpc) is 2.43. The molecular weight excluding hydrogens is 252 g/mol. The number of ketones is 1. The third kappa shape index (κ3) is 6.06. The number of rotatable bonds is 13. The van der Waals surface area contributed by atoms with Crippen LogP contribution in [0.15, 0.2) is 0 Å². The summed E-state index contributed by atoms with van der Waals surface area (Å²) in [5.74, 6) is -0.975. The van der Waals surface area contributed by atoms with Gasteiger partial charge in [0, 0.05) is 6.42 Å². The van der Waals surface area contributed by atoms with Crippen molar-refractivity contribution in [3.63, 3.8) is 0 Å². The van der Waals surface area contributed by atoms with Crippen LogP contribution in [0.1, 0.15) is 91.4 Å². The molecule has 0 saturated heterocycles. The maximum atomic E-state index is 12.4. The molecule has 0 aliphatic rings. The number of unbranched alkanes of at least 4 members (excludes halogenated alkanes) is 6. The van der Waals surface area contributed by atoms with Gasteiger partial charge in [0.2, 0.25) is 0 Å². The van der Waals surface area contributed by atoms with Crippen LogP contribution < -0.4 is 0 Å². The molecule has 0 aromatic heterocycles. The van der Waals surface area contributed by atoms with E-state index in [-0.39, 0.29) is 5.78 Å². The molecule has 0 aromatic rings. The van der Waals surface area contributed by atoms with Crippen LogP contribution in [-0.4, -0.2) is 16.9 Å². The van der Waals surface area contributed by atoms with Crippen LogP contribution >= 0.6 is 0 Å². The Bertz CT molecular complexity index is 286. The highest BCUT2D eigenvalue weighted by Crippen LogP contribution is 2.33. The molecule has 0 aliphatic carbocycles. The van der Waals surface area contributed by atoms with Crippen molar-refractivity contribution >= 4 is 11.8 Å². The van der Waals surface area contributed by atoms with Gasteiger partial charge in [0.25, 0.3) is 0 Å². The largest absolute Gasteiger partial charge is 0.480 e. The Kier molecular flexibility index (Phi) is 10.4. The summed E-state index contributed by atoms with van der Waals surface area (Å²) < 4.78 is 0. The Labute approximate surface area is 124 Å². The lowest BCUT2D eigenvalue weighted by Crippen LogP contribution is -2.38. The third-order valence-corrected chi connectivity index (χ3v) is 4.26. The van der Waals surface area contributed by atoms with Crippen LogP contribution in [0.4, 0.5) is 0 Å².